The summed E-state index contributed by atoms with van der Waals surface area (Å²) in [4.78, 5) is 22.9. The highest BCUT2D eigenvalue weighted by Crippen LogP contribution is 2.03. The fourth-order valence-electron chi connectivity index (χ4n) is 2.06. The van der Waals surface area contributed by atoms with Gasteiger partial charge in [-0.1, -0.05) is 0 Å². The summed E-state index contributed by atoms with van der Waals surface area (Å²) >= 11 is 0. The third kappa shape index (κ3) is 8.83. The number of amides is 2. The van der Waals surface area contributed by atoms with Gasteiger partial charge in [0.2, 0.25) is 11.8 Å². The summed E-state index contributed by atoms with van der Waals surface area (Å²) in [6.07, 6.45) is 3.79. The van der Waals surface area contributed by atoms with E-state index in [1.807, 2.05) is 13.8 Å². The predicted octanol–water partition coefficient (Wildman–Crippen LogP) is 0.971. The molecule has 6 heteroatoms. The Bertz CT molecular complexity index is 279. The van der Waals surface area contributed by atoms with Crippen molar-refractivity contribution in [3.63, 3.8) is 0 Å². The van der Waals surface area contributed by atoms with Crippen LogP contribution in [0.1, 0.15) is 46.0 Å². The minimum Gasteiger partial charge on any atom is -0.355 e. The average Bonchev–Trinajstić information content (AvgIpc) is 2.78. The maximum Gasteiger partial charge on any atom is 0.220 e. The third-order valence-electron chi connectivity index (χ3n) is 2.97. The molecule has 1 rings (SSSR count). The molecule has 1 atom stereocenters. The van der Waals surface area contributed by atoms with E-state index < -0.39 is 0 Å². The Morgan fingerprint density at radius 1 is 1.26 bits per heavy atom. The Labute approximate surface area is 121 Å². The van der Waals surface area contributed by atoms with Crippen molar-refractivity contribution >= 4 is 24.2 Å². The van der Waals surface area contributed by atoms with Gasteiger partial charge < -0.3 is 16.0 Å². The molecule has 19 heavy (non-hydrogen) atoms. The van der Waals surface area contributed by atoms with Gasteiger partial charge in [-0.2, -0.15) is 0 Å². The summed E-state index contributed by atoms with van der Waals surface area (Å²) in [6.45, 7) is 5.62. The first-order chi connectivity index (χ1) is 8.58. The van der Waals surface area contributed by atoms with Crippen LogP contribution in [0.25, 0.3) is 0 Å². The Hall–Kier alpha value is -0.810. The van der Waals surface area contributed by atoms with Gasteiger partial charge in [0.1, 0.15) is 0 Å². The smallest absolute Gasteiger partial charge is 0.220 e. The molecule has 1 aliphatic rings. The maximum atomic E-state index is 11.5. The quantitative estimate of drug-likeness (QED) is 0.655. The molecule has 1 heterocycles. The first kappa shape index (κ1) is 18.2. The van der Waals surface area contributed by atoms with Crippen LogP contribution in [0.3, 0.4) is 0 Å². The highest BCUT2D eigenvalue weighted by molar-refractivity contribution is 5.85. The van der Waals surface area contributed by atoms with Crippen LogP contribution in [0.5, 0.6) is 0 Å². The highest BCUT2D eigenvalue weighted by atomic mass is 35.5. The van der Waals surface area contributed by atoms with Crippen molar-refractivity contribution in [2.45, 2.75) is 58.0 Å². The molecule has 5 nitrogen and oxygen atoms in total. The first-order valence-corrected chi connectivity index (χ1v) is 6.87. The minimum absolute atomic E-state index is 0. The van der Waals surface area contributed by atoms with Crippen LogP contribution in [-0.4, -0.2) is 37.0 Å². The summed E-state index contributed by atoms with van der Waals surface area (Å²) < 4.78 is 0. The minimum atomic E-state index is 0. The molecule has 1 unspecified atom stereocenters. The summed E-state index contributed by atoms with van der Waals surface area (Å²) in [5.74, 6) is 0.0660. The monoisotopic (exact) mass is 291 g/mol. The Kier molecular flexibility index (Phi) is 9.61. The van der Waals surface area contributed by atoms with Crippen LogP contribution < -0.4 is 16.0 Å². The first-order valence-electron chi connectivity index (χ1n) is 6.87. The van der Waals surface area contributed by atoms with E-state index in [2.05, 4.69) is 16.0 Å². The van der Waals surface area contributed by atoms with Crippen molar-refractivity contribution in [2.75, 3.05) is 13.1 Å². The van der Waals surface area contributed by atoms with Gasteiger partial charge in [0.25, 0.3) is 0 Å². The number of carbonyl (C=O) groups is 2. The molecule has 1 saturated heterocycles. The number of hydrogen-bond donors (Lipinski definition) is 3. The summed E-state index contributed by atoms with van der Waals surface area (Å²) in [7, 11) is 0. The lowest BCUT2D eigenvalue weighted by atomic mass is 10.2. The molecule has 0 radical (unpaired) electrons. The summed E-state index contributed by atoms with van der Waals surface area (Å²) in [6, 6.07) is 0.595. The largest absolute Gasteiger partial charge is 0.355 e. The number of nitrogens with one attached hydrogen (secondary N) is 3. The van der Waals surface area contributed by atoms with Gasteiger partial charge in [0.05, 0.1) is 0 Å². The Morgan fingerprint density at radius 3 is 2.53 bits per heavy atom. The fourth-order valence-corrected chi connectivity index (χ4v) is 2.06. The molecule has 1 aliphatic heterocycles. The second-order valence-corrected chi connectivity index (χ2v) is 5.17. The van der Waals surface area contributed by atoms with Crippen molar-refractivity contribution < 1.29 is 9.59 Å². The predicted molar refractivity (Wildman–Crippen MR) is 78.4 cm³/mol. The lowest BCUT2D eigenvalue weighted by molar-refractivity contribution is -0.122. The Morgan fingerprint density at radius 2 is 1.95 bits per heavy atom. The molecule has 0 spiro atoms. The van der Waals surface area contributed by atoms with Crippen LogP contribution in [0, 0.1) is 0 Å². The van der Waals surface area contributed by atoms with E-state index in [9.17, 15) is 9.59 Å². The third-order valence-corrected chi connectivity index (χ3v) is 2.97. The van der Waals surface area contributed by atoms with E-state index in [1.165, 1.54) is 6.42 Å². The van der Waals surface area contributed by atoms with E-state index in [-0.39, 0.29) is 30.3 Å². The zero-order valence-corrected chi connectivity index (χ0v) is 12.6. The number of carbonyl (C=O) groups excluding carboxylic acids is 2. The van der Waals surface area contributed by atoms with E-state index in [0.29, 0.717) is 31.8 Å². The second-order valence-electron chi connectivity index (χ2n) is 5.17. The number of halogens is 1. The lowest BCUT2D eigenvalue weighted by Crippen LogP contribution is -2.37. The van der Waals surface area contributed by atoms with Gasteiger partial charge in [-0.05, 0) is 39.7 Å². The van der Waals surface area contributed by atoms with E-state index in [1.54, 1.807) is 0 Å². The number of rotatable bonds is 7. The van der Waals surface area contributed by atoms with Crippen molar-refractivity contribution in [2.24, 2.45) is 0 Å². The molecule has 3 N–H and O–H groups in total. The topological polar surface area (TPSA) is 70.2 Å². The van der Waals surface area contributed by atoms with Gasteiger partial charge in [0.15, 0.2) is 0 Å². The standard InChI is InChI=1S/C13H25N3O2.ClH/c1-10(2)16-13(18)7-3-6-12(17)15-9-11-5-4-8-14-11;/h10-11,14H,3-9H2,1-2H3,(H,15,17)(H,16,18);1H. The van der Waals surface area contributed by atoms with Crippen molar-refractivity contribution in [1.29, 1.82) is 0 Å². The molecule has 0 aromatic heterocycles. The maximum absolute atomic E-state index is 11.5. The molecular formula is C13H26ClN3O2. The summed E-state index contributed by atoms with van der Waals surface area (Å²) in [5.41, 5.74) is 0. The number of hydrogen-bond acceptors (Lipinski definition) is 3. The van der Waals surface area contributed by atoms with Crippen LogP contribution in [0.2, 0.25) is 0 Å². The van der Waals surface area contributed by atoms with Crippen molar-refractivity contribution in [3.05, 3.63) is 0 Å². The van der Waals surface area contributed by atoms with Gasteiger partial charge in [-0.15, -0.1) is 12.4 Å². The van der Waals surface area contributed by atoms with Crippen molar-refractivity contribution in [1.82, 2.24) is 16.0 Å². The summed E-state index contributed by atoms with van der Waals surface area (Å²) in [5, 5.41) is 9.05. The molecule has 1 fully saturated rings. The Balaban J connectivity index is 0.00000324. The van der Waals surface area contributed by atoms with Crippen LogP contribution >= 0.6 is 12.4 Å². The zero-order chi connectivity index (χ0) is 13.4. The van der Waals surface area contributed by atoms with Gasteiger partial charge in [-0.25, -0.2) is 0 Å². The molecule has 0 saturated carbocycles. The molecular weight excluding hydrogens is 266 g/mol. The van der Waals surface area contributed by atoms with Gasteiger partial charge in [-0.3, -0.25) is 9.59 Å². The van der Waals surface area contributed by atoms with Gasteiger partial charge in [0, 0.05) is 31.5 Å². The van der Waals surface area contributed by atoms with Crippen LogP contribution in [0.4, 0.5) is 0 Å². The fraction of sp³-hybridized carbons (Fsp3) is 0.846. The van der Waals surface area contributed by atoms with E-state index in [4.69, 9.17) is 0 Å². The van der Waals surface area contributed by atoms with Crippen molar-refractivity contribution in [3.8, 4) is 0 Å². The van der Waals surface area contributed by atoms with Crippen LogP contribution in [-0.2, 0) is 9.59 Å². The second kappa shape index (κ2) is 10.0. The molecule has 0 bridgehead atoms. The average molecular weight is 292 g/mol. The van der Waals surface area contributed by atoms with Gasteiger partial charge >= 0.3 is 0 Å². The highest BCUT2D eigenvalue weighted by Gasteiger charge is 2.14. The van der Waals surface area contributed by atoms with Crippen LogP contribution in [0.15, 0.2) is 0 Å². The zero-order valence-electron chi connectivity index (χ0n) is 11.8. The molecule has 2 amide bonds. The van der Waals surface area contributed by atoms with E-state index in [0.717, 1.165) is 13.0 Å². The SMILES string of the molecule is CC(C)NC(=O)CCCC(=O)NCC1CCCN1.Cl. The normalized spacial score (nSPS) is 17.9. The molecule has 0 aromatic carbocycles. The molecule has 0 aromatic rings. The van der Waals surface area contributed by atoms with E-state index >= 15 is 0 Å². The molecule has 112 valence electrons. The lowest BCUT2D eigenvalue weighted by Gasteiger charge is -2.11. The molecule has 0 aliphatic carbocycles.